The zero-order valence-corrected chi connectivity index (χ0v) is 33.4. The van der Waals surface area contributed by atoms with Crippen LogP contribution >= 0.6 is 0 Å². The Morgan fingerprint density at radius 2 is 1.42 bits per heavy atom. The first kappa shape index (κ1) is 34.5. The van der Waals surface area contributed by atoms with Gasteiger partial charge in [-0.05, 0) is 135 Å². The molecule has 2 saturated heterocycles. The van der Waals surface area contributed by atoms with Crippen molar-refractivity contribution < 1.29 is 4.74 Å². The van der Waals surface area contributed by atoms with Gasteiger partial charge in [-0.3, -0.25) is 0 Å². The lowest BCUT2D eigenvalue weighted by Crippen LogP contribution is -2.39. The zero-order chi connectivity index (χ0) is 37.5. The lowest BCUT2D eigenvalue weighted by atomic mass is 9.69. The molecule has 7 aliphatic carbocycles. The van der Waals surface area contributed by atoms with Crippen molar-refractivity contribution in [1.82, 2.24) is 0 Å². The molecule has 0 spiro atoms. The molecule has 57 heavy (non-hydrogen) atoms. The van der Waals surface area contributed by atoms with Crippen LogP contribution in [0.25, 0.3) is 5.57 Å². The number of hydrogen-bond donors (Lipinski definition) is 0. The second kappa shape index (κ2) is 14.1. The number of anilines is 2. The molecule has 3 heterocycles. The van der Waals surface area contributed by atoms with Crippen LogP contribution in [0.3, 0.4) is 0 Å². The normalized spacial score (nSPS) is 38.2. The number of ether oxygens (including phenoxy) is 1. The van der Waals surface area contributed by atoms with Gasteiger partial charge in [0.25, 0.3) is 0 Å². The molecule has 0 bridgehead atoms. The lowest BCUT2D eigenvalue weighted by molar-refractivity contribution is 0.129. The third-order valence-corrected chi connectivity index (χ3v) is 16.0. The highest BCUT2D eigenvalue weighted by atomic mass is 16.5. The summed E-state index contributed by atoms with van der Waals surface area (Å²) < 4.78 is 7.30. The van der Waals surface area contributed by atoms with E-state index >= 15 is 0 Å². The van der Waals surface area contributed by atoms with Crippen molar-refractivity contribution in [2.75, 3.05) is 9.80 Å². The highest BCUT2D eigenvalue weighted by Crippen LogP contribution is 2.58. The summed E-state index contributed by atoms with van der Waals surface area (Å²) in [5, 5.41) is 0. The van der Waals surface area contributed by atoms with Crippen molar-refractivity contribution in [3.05, 3.63) is 162 Å². The Hall–Kier alpha value is -4.50. The van der Waals surface area contributed by atoms with Crippen molar-refractivity contribution in [1.29, 1.82) is 0 Å². The van der Waals surface area contributed by atoms with Crippen LogP contribution in [0, 0.1) is 41.4 Å². The molecule has 0 radical (unpaired) electrons. The maximum Gasteiger partial charge on any atom is 0.125 e. The molecule has 12 atom stereocenters. The minimum Gasteiger partial charge on any atom is -0.492 e. The summed E-state index contributed by atoms with van der Waals surface area (Å²) >= 11 is 0. The van der Waals surface area contributed by atoms with Gasteiger partial charge < -0.3 is 14.5 Å². The van der Waals surface area contributed by atoms with Gasteiger partial charge in [-0.25, -0.2) is 0 Å². The molecule has 10 aliphatic rings. The highest BCUT2D eigenvalue weighted by Gasteiger charge is 2.53. The second-order valence-electron chi connectivity index (χ2n) is 18.8. The molecule has 3 heteroatoms. The first-order valence-electron chi connectivity index (χ1n) is 22.9. The van der Waals surface area contributed by atoms with Gasteiger partial charge in [-0.15, -0.1) is 0 Å². The fraction of sp³-hybridized carbons (Fsp3) is 0.444. The Balaban J connectivity index is 0.951. The van der Waals surface area contributed by atoms with Crippen LogP contribution in [0.15, 0.2) is 151 Å². The Bertz CT molecular complexity index is 2190. The van der Waals surface area contributed by atoms with Gasteiger partial charge in [0.1, 0.15) is 11.9 Å². The van der Waals surface area contributed by atoms with Gasteiger partial charge >= 0.3 is 0 Å². The van der Waals surface area contributed by atoms with Crippen molar-refractivity contribution in [2.45, 2.75) is 107 Å². The monoisotopic (exact) mass is 750 g/mol. The molecular formula is C54H58N2O. The topological polar surface area (TPSA) is 15.7 Å². The van der Waals surface area contributed by atoms with E-state index in [-0.39, 0.29) is 6.10 Å². The molecule has 2 aromatic rings. The summed E-state index contributed by atoms with van der Waals surface area (Å²) in [7, 11) is 0. The number of nitrogens with zero attached hydrogens (tertiary/aromatic N) is 2. The average molecular weight is 751 g/mol. The van der Waals surface area contributed by atoms with E-state index < -0.39 is 0 Å². The SMILES string of the molecule is C1=CC(C2C=C(C3C=CC(N4c5cccc(C6=CCCC7C6C6C=CCCC6N7c6ccccc6)c5C5C=CCCC54)=C4OC5CCC=CC5C43)C=CC2)CCC1. The lowest BCUT2D eigenvalue weighted by Gasteiger charge is -2.37. The molecule has 290 valence electrons. The maximum absolute atomic E-state index is 7.30. The zero-order valence-electron chi connectivity index (χ0n) is 33.4. The van der Waals surface area contributed by atoms with E-state index in [0.29, 0.717) is 65.5 Å². The Morgan fingerprint density at radius 1 is 0.596 bits per heavy atom. The number of benzene rings is 2. The van der Waals surface area contributed by atoms with Crippen LogP contribution in [0.2, 0.25) is 0 Å². The molecule has 12 unspecified atom stereocenters. The van der Waals surface area contributed by atoms with Gasteiger partial charge in [0.2, 0.25) is 0 Å². The average Bonchev–Trinajstić information content (AvgIpc) is 3.95. The van der Waals surface area contributed by atoms with Crippen LogP contribution < -0.4 is 9.80 Å². The summed E-state index contributed by atoms with van der Waals surface area (Å²) in [6.07, 6.45) is 50.2. The van der Waals surface area contributed by atoms with Crippen LogP contribution in [0.5, 0.6) is 0 Å². The predicted molar refractivity (Wildman–Crippen MR) is 235 cm³/mol. The Kier molecular flexibility index (Phi) is 8.54. The minimum atomic E-state index is 0.267. The van der Waals surface area contributed by atoms with E-state index in [1.165, 1.54) is 85.3 Å². The van der Waals surface area contributed by atoms with Crippen LogP contribution in [-0.2, 0) is 4.74 Å². The minimum absolute atomic E-state index is 0.267. The standard InChI is InChI=1S/C54H58N2O/c1-3-16-35(17-4-1)36-18-13-19-37(34-36)39-32-33-49(54-53(39)44-24-9-12-31-50(44)57-54)56-46-28-11-8-23-43(46)52-41(26-15-30-48(52)56)40-25-14-29-47-51(40)42-22-7-10-27-45(42)55(47)38-20-5-2-6-21-38/h2-3,5-9,13,15-16,19-26,30,32-36,39,42-47,50-51,53H,1,4,10-12,14,17-18,27-29,31H2. The predicted octanol–water partition coefficient (Wildman–Crippen LogP) is 12.6. The van der Waals surface area contributed by atoms with E-state index in [9.17, 15) is 0 Å². The molecule has 2 aromatic carbocycles. The third-order valence-electron chi connectivity index (χ3n) is 16.0. The number of para-hydroxylation sites is 1. The van der Waals surface area contributed by atoms with Gasteiger partial charge in [-0.1, -0.05) is 109 Å². The number of hydrogen-bond acceptors (Lipinski definition) is 3. The molecule has 0 saturated carbocycles. The highest BCUT2D eigenvalue weighted by molar-refractivity contribution is 5.82. The first-order chi connectivity index (χ1) is 28.3. The molecule has 12 rings (SSSR count). The van der Waals surface area contributed by atoms with Gasteiger partial charge in [0, 0.05) is 65.0 Å². The molecule has 0 aromatic heterocycles. The van der Waals surface area contributed by atoms with E-state index in [2.05, 4.69) is 143 Å². The molecule has 2 fully saturated rings. The fourth-order valence-electron chi connectivity index (χ4n) is 13.7. The smallest absolute Gasteiger partial charge is 0.125 e. The van der Waals surface area contributed by atoms with Gasteiger partial charge in [0.15, 0.2) is 0 Å². The van der Waals surface area contributed by atoms with Crippen molar-refractivity contribution in [3.63, 3.8) is 0 Å². The maximum atomic E-state index is 7.30. The number of rotatable bonds is 5. The summed E-state index contributed by atoms with van der Waals surface area (Å²) in [4.78, 5) is 5.65. The van der Waals surface area contributed by atoms with Gasteiger partial charge in [0.05, 0.1) is 5.70 Å². The molecule has 0 amide bonds. The summed E-state index contributed by atoms with van der Waals surface area (Å²) in [6, 6.07) is 20.2. The van der Waals surface area contributed by atoms with Crippen molar-refractivity contribution in [2.24, 2.45) is 41.4 Å². The van der Waals surface area contributed by atoms with Crippen molar-refractivity contribution in [3.8, 4) is 0 Å². The Labute approximate surface area is 340 Å². The van der Waals surface area contributed by atoms with Crippen molar-refractivity contribution >= 4 is 16.9 Å². The molecule has 3 nitrogen and oxygen atoms in total. The summed E-state index contributed by atoms with van der Waals surface area (Å²) in [6.45, 7) is 0. The first-order valence-corrected chi connectivity index (χ1v) is 22.9. The quantitative estimate of drug-likeness (QED) is 0.283. The van der Waals surface area contributed by atoms with E-state index in [1.54, 1.807) is 11.1 Å². The molecule has 0 N–H and O–H groups in total. The summed E-state index contributed by atoms with van der Waals surface area (Å²) in [5.41, 5.74) is 10.4. The molecular weight excluding hydrogens is 693 g/mol. The van der Waals surface area contributed by atoms with Crippen LogP contribution in [0.1, 0.15) is 94.1 Å². The third kappa shape index (κ3) is 5.50. The number of fused-ring (bicyclic) bond motifs is 9. The van der Waals surface area contributed by atoms with Gasteiger partial charge in [-0.2, -0.15) is 0 Å². The van der Waals surface area contributed by atoms with E-state index in [1.807, 2.05) is 0 Å². The fourth-order valence-corrected chi connectivity index (χ4v) is 13.7. The number of allylic oxidation sites excluding steroid dienone is 13. The molecule has 3 aliphatic heterocycles. The van der Waals surface area contributed by atoms with Crippen LogP contribution in [0.4, 0.5) is 11.4 Å². The van der Waals surface area contributed by atoms with E-state index in [4.69, 9.17) is 4.74 Å². The van der Waals surface area contributed by atoms with Crippen LogP contribution in [-0.4, -0.2) is 24.2 Å². The Morgan fingerprint density at radius 3 is 2.32 bits per heavy atom. The summed E-state index contributed by atoms with van der Waals surface area (Å²) in [5.74, 6) is 5.09. The van der Waals surface area contributed by atoms with E-state index in [0.717, 1.165) is 25.7 Å². The largest absolute Gasteiger partial charge is 0.492 e. The second-order valence-corrected chi connectivity index (χ2v) is 18.8.